The summed E-state index contributed by atoms with van der Waals surface area (Å²) in [5.41, 5.74) is 0. The molecule has 2 N–H and O–H groups in total. The minimum atomic E-state index is -0.696. The quantitative estimate of drug-likeness (QED) is 0.712. The van der Waals surface area contributed by atoms with Crippen molar-refractivity contribution in [3.05, 3.63) is 0 Å². The van der Waals surface area contributed by atoms with Gasteiger partial charge in [-0.25, -0.2) is 0 Å². The van der Waals surface area contributed by atoms with Crippen LogP contribution in [0.3, 0.4) is 0 Å². The van der Waals surface area contributed by atoms with Crippen LogP contribution in [0, 0.1) is 5.92 Å². The third-order valence-corrected chi connectivity index (χ3v) is 4.84. The molecule has 1 saturated heterocycles. The molecule has 0 aromatic heterocycles. The van der Waals surface area contributed by atoms with Crippen molar-refractivity contribution >= 4 is 17.7 Å². The Kier molecular flexibility index (Phi) is 3.92. The van der Waals surface area contributed by atoms with Crippen LogP contribution in [0.5, 0.6) is 0 Å². The van der Waals surface area contributed by atoms with Crippen LogP contribution in [0.15, 0.2) is 0 Å². The molecule has 0 amide bonds. The maximum Gasteiger partial charge on any atom is 0.321 e. The molecule has 3 nitrogen and oxygen atoms in total. The second-order valence-electron chi connectivity index (χ2n) is 4.56. The normalized spacial score (nSPS) is 33.9. The molecule has 1 heterocycles. The van der Waals surface area contributed by atoms with Gasteiger partial charge in [0, 0.05) is 5.75 Å². The van der Waals surface area contributed by atoms with E-state index in [2.05, 4.69) is 5.32 Å². The number of carboxylic acids is 1. The summed E-state index contributed by atoms with van der Waals surface area (Å²) in [5, 5.41) is 12.6. The van der Waals surface area contributed by atoms with Gasteiger partial charge in [-0.3, -0.25) is 10.1 Å². The Morgan fingerprint density at radius 2 is 1.87 bits per heavy atom. The zero-order valence-corrected chi connectivity index (χ0v) is 9.76. The number of carboxylic acid groups (broad SMARTS) is 1. The summed E-state index contributed by atoms with van der Waals surface area (Å²) >= 11 is 1.80. The molecule has 2 rings (SSSR count). The van der Waals surface area contributed by atoms with Crippen LogP contribution in [0.2, 0.25) is 0 Å². The van der Waals surface area contributed by atoms with Gasteiger partial charge >= 0.3 is 5.97 Å². The van der Waals surface area contributed by atoms with Crippen LogP contribution in [-0.4, -0.2) is 28.2 Å². The third-order valence-electron chi connectivity index (χ3n) is 3.43. The van der Waals surface area contributed by atoms with Gasteiger partial charge < -0.3 is 5.11 Å². The highest BCUT2D eigenvalue weighted by atomic mass is 32.2. The van der Waals surface area contributed by atoms with Gasteiger partial charge in [-0.05, 0) is 18.8 Å². The average Bonchev–Trinajstić information content (AvgIpc) is 2.55. The van der Waals surface area contributed by atoms with Crippen molar-refractivity contribution in [3.63, 3.8) is 0 Å². The average molecular weight is 229 g/mol. The summed E-state index contributed by atoms with van der Waals surface area (Å²) in [6, 6.07) is -0.316. The molecule has 1 aliphatic carbocycles. The molecule has 1 unspecified atom stereocenters. The fraction of sp³-hybridized carbons (Fsp3) is 0.909. The first-order valence-corrected chi connectivity index (χ1v) is 6.92. The van der Waals surface area contributed by atoms with E-state index in [1.165, 1.54) is 38.5 Å². The van der Waals surface area contributed by atoms with Gasteiger partial charge in [0.2, 0.25) is 0 Å². The van der Waals surface area contributed by atoms with E-state index in [1.807, 2.05) is 0 Å². The molecule has 0 bridgehead atoms. The molecule has 0 aromatic carbocycles. The van der Waals surface area contributed by atoms with E-state index < -0.39 is 5.97 Å². The van der Waals surface area contributed by atoms with Crippen LogP contribution in [-0.2, 0) is 4.79 Å². The SMILES string of the molecule is O=C(O)[C@@H]1CSC(C2CCCCCC2)N1. The molecule has 86 valence electrons. The Balaban J connectivity index is 1.86. The molecule has 2 aliphatic rings. The Morgan fingerprint density at radius 3 is 2.40 bits per heavy atom. The highest BCUT2D eigenvalue weighted by Crippen LogP contribution is 2.33. The molecule has 1 saturated carbocycles. The van der Waals surface area contributed by atoms with Crippen LogP contribution in [0.1, 0.15) is 38.5 Å². The molecule has 2 atom stereocenters. The highest BCUT2D eigenvalue weighted by molar-refractivity contribution is 8.00. The van der Waals surface area contributed by atoms with Gasteiger partial charge in [0.15, 0.2) is 0 Å². The maximum atomic E-state index is 10.8. The van der Waals surface area contributed by atoms with E-state index in [1.54, 1.807) is 11.8 Å². The second kappa shape index (κ2) is 5.21. The Labute approximate surface area is 95.0 Å². The van der Waals surface area contributed by atoms with E-state index in [0.717, 1.165) is 5.75 Å². The number of aliphatic carboxylic acids is 1. The summed E-state index contributed by atoms with van der Waals surface area (Å²) in [6.45, 7) is 0. The molecule has 0 aromatic rings. The molecular weight excluding hydrogens is 210 g/mol. The molecule has 0 radical (unpaired) electrons. The summed E-state index contributed by atoms with van der Waals surface area (Å²) in [6.07, 6.45) is 7.91. The summed E-state index contributed by atoms with van der Waals surface area (Å²) < 4.78 is 0. The zero-order valence-electron chi connectivity index (χ0n) is 8.95. The van der Waals surface area contributed by atoms with Gasteiger partial charge in [0.05, 0.1) is 5.37 Å². The van der Waals surface area contributed by atoms with Gasteiger partial charge in [-0.15, -0.1) is 11.8 Å². The Hall–Kier alpha value is -0.220. The van der Waals surface area contributed by atoms with E-state index in [4.69, 9.17) is 5.11 Å². The molecular formula is C11H19NO2S. The smallest absolute Gasteiger partial charge is 0.321 e. The van der Waals surface area contributed by atoms with Crippen LogP contribution in [0.4, 0.5) is 0 Å². The molecule has 2 fully saturated rings. The lowest BCUT2D eigenvalue weighted by molar-refractivity contribution is -0.138. The van der Waals surface area contributed by atoms with E-state index in [9.17, 15) is 4.79 Å². The third kappa shape index (κ3) is 2.88. The number of hydrogen-bond donors (Lipinski definition) is 2. The number of rotatable bonds is 2. The zero-order chi connectivity index (χ0) is 10.7. The largest absolute Gasteiger partial charge is 0.480 e. The van der Waals surface area contributed by atoms with Gasteiger partial charge in [0.1, 0.15) is 6.04 Å². The fourth-order valence-electron chi connectivity index (χ4n) is 2.52. The first kappa shape index (κ1) is 11.3. The fourth-order valence-corrected chi connectivity index (χ4v) is 3.97. The summed E-state index contributed by atoms with van der Waals surface area (Å²) in [5.74, 6) is 0.733. The lowest BCUT2D eigenvalue weighted by Gasteiger charge is -2.21. The first-order valence-electron chi connectivity index (χ1n) is 5.88. The monoisotopic (exact) mass is 229 g/mol. The van der Waals surface area contributed by atoms with Crippen molar-refractivity contribution in [2.45, 2.75) is 49.9 Å². The minimum absolute atomic E-state index is 0.316. The Morgan fingerprint density at radius 1 is 1.20 bits per heavy atom. The van der Waals surface area contributed by atoms with Crippen molar-refractivity contribution in [1.29, 1.82) is 0 Å². The minimum Gasteiger partial charge on any atom is -0.480 e. The molecule has 1 aliphatic heterocycles. The van der Waals surface area contributed by atoms with Crippen LogP contribution in [0.25, 0.3) is 0 Å². The molecule has 0 spiro atoms. The van der Waals surface area contributed by atoms with Gasteiger partial charge in [-0.2, -0.15) is 0 Å². The predicted molar refractivity (Wildman–Crippen MR) is 62.0 cm³/mol. The van der Waals surface area contributed by atoms with E-state index in [0.29, 0.717) is 11.3 Å². The van der Waals surface area contributed by atoms with Crippen molar-refractivity contribution in [2.75, 3.05) is 5.75 Å². The van der Waals surface area contributed by atoms with Crippen LogP contribution < -0.4 is 5.32 Å². The summed E-state index contributed by atoms with van der Waals surface area (Å²) in [4.78, 5) is 10.8. The highest BCUT2D eigenvalue weighted by Gasteiger charge is 2.34. The molecule has 15 heavy (non-hydrogen) atoms. The predicted octanol–water partition coefficient (Wildman–Crippen LogP) is 2.07. The summed E-state index contributed by atoms with van der Waals surface area (Å²) in [7, 11) is 0. The topological polar surface area (TPSA) is 49.3 Å². The maximum absolute atomic E-state index is 10.8. The van der Waals surface area contributed by atoms with E-state index in [-0.39, 0.29) is 6.04 Å². The van der Waals surface area contributed by atoms with E-state index >= 15 is 0 Å². The second-order valence-corrected chi connectivity index (χ2v) is 5.74. The van der Waals surface area contributed by atoms with Crippen LogP contribution >= 0.6 is 11.8 Å². The Bertz CT molecular complexity index is 227. The lowest BCUT2D eigenvalue weighted by atomic mass is 10.00. The number of carbonyl (C=O) groups is 1. The lowest BCUT2D eigenvalue weighted by Crippen LogP contribution is -2.39. The van der Waals surface area contributed by atoms with Gasteiger partial charge in [0.25, 0.3) is 0 Å². The first-order chi connectivity index (χ1) is 7.27. The number of hydrogen-bond acceptors (Lipinski definition) is 3. The standard InChI is InChI=1S/C11H19NO2S/c13-11(14)9-7-15-10(12-9)8-5-3-1-2-4-6-8/h8-10,12H,1-7H2,(H,13,14)/t9-,10?/m0/s1. The van der Waals surface area contributed by atoms with Crippen molar-refractivity contribution in [2.24, 2.45) is 5.92 Å². The van der Waals surface area contributed by atoms with Gasteiger partial charge in [-0.1, -0.05) is 25.7 Å². The number of thioether (sulfide) groups is 1. The van der Waals surface area contributed by atoms with Crippen molar-refractivity contribution in [1.82, 2.24) is 5.32 Å². The van der Waals surface area contributed by atoms with Crippen molar-refractivity contribution < 1.29 is 9.90 Å². The molecule has 4 heteroatoms. The number of nitrogens with one attached hydrogen (secondary N) is 1. The van der Waals surface area contributed by atoms with Crippen molar-refractivity contribution in [3.8, 4) is 0 Å².